The smallest absolute Gasteiger partial charge is 0.310 e. The maximum absolute atomic E-state index is 10.7. The van der Waals surface area contributed by atoms with Crippen molar-refractivity contribution in [3.63, 3.8) is 0 Å². The van der Waals surface area contributed by atoms with Gasteiger partial charge in [0, 0.05) is 0 Å². The number of carbonyl (C=O) groups is 2. The van der Waals surface area contributed by atoms with Crippen LogP contribution in [0, 0.1) is 17.8 Å². The van der Waals surface area contributed by atoms with Gasteiger partial charge in [0.1, 0.15) is 0 Å². The minimum Gasteiger partial charge on any atom is -0.481 e. The molecule has 3 unspecified atom stereocenters. The molecule has 2 N–H and O–H groups in total. The molecular formula is C9H12O4. The summed E-state index contributed by atoms with van der Waals surface area (Å²) in [6.07, 6.45) is 3.44. The molecule has 72 valence electrons. The molecule has 0 bridgehead atoms. The fourth-order valence-electron chi connectivity index (χ4n) is 1.52. The van der Waals surface area contributed by atoms with E-state index >= 15 is 0 Å². The average molecular weight is 184 g/mol. The lowest BCUT2D eigenvalue weighted by atomic mass is 9.80. The first-order valence-electron chi connectivity index (χ1n) is 4.16. The van der Waals surface area contributed by atoms with Crippen LogP contribution in [-0.2, 0) is 9.59 Å². The first-order chi connectivity index (χ1) is 6.02. The third kappa shape index (κ3) is 2.08. The minimum atomic E-state index is -0.950. The lowest BCUT2D eigenvalue weighted by Crippen LogP contribution is -2.29. The molecule has 1 rings (SSSR count). The molecule has 0 amide bonds. The van der Waals surface area contributed by atoms with E-state index in [-0.39, 0.29) is 12.3 Å². The van der Waals surface area contributed by atoms with Crippen LogP contribution >= 0.6 is 0 Å². The van der Waals surface area contributed by atoms with Crippen LogP contribution in [0.15, 0.2) is 12.2 Å². The Morgan fingerprint density at radius 1 is 1.23 bits per heavy atom. The van der Waals surface area contributed by atoms with Gasteiger partial charge in [0.15, 0.2) is 0 Å². The summed E-state index contributed by atoms with van der Waals surface area (Å²) in [6, 6.07) is 0. The van der Waals surface area contributed by atoms with Crippen molar-refractivity contribution in [1.82, 2.24) is 0 Å². The first-order valence-corrected chi connectivity index (χ1v) is 4.16. The van der Waals surface area contributed by atoms with E-state index < -0.39 is 23.8 Å². The fraction of sp³-hybridized carbons (Fsp3) is 0.556. The molecule has 0 radical (unpaired) electrons. The average Bonchev–Trinajstić information content (AvgIpc) is 2.04. The van der Waals surface area contributed by atoms with Gasteiger partial charge >= 0.3 is 11.9 Å². The summed E-state index contributed by atoms with van der Waals surface area (Å²) in [6.45, 7) is 1.79. The summed E-state index contributed by atoms with van der Waals surface area (Å²) in [4.78, 5) is 21.3. The number of hydrogen-bond donors (Lipinski definition) is 2. The van der Waals surface area contributed by atoms with E-state index in [1.165, 1.54) is 0 Å². The van der Waals surface area contributed by atoms with Gasteiger partial charge in [-0.05, 0) is 12.3 Å². The van der Waals surface area contributed by atoms with Gasteiger partial charge in [0.25, 0.3) is 0 Å². The number of carboxylic acid groups (broad SMARTS) is 2. The highest BCUT2D eigenvalue weighted by molar-refractivity contribution is 5.76. The summed E-state index contributed by atoms with van der Waals surface area (Å²) in [5.41, 5.74) is 0. The van der Waals surface area contributed by atoms with Crippen LogP contribution in [0.3, 0.4) is 0 Å². The minimum absolute atomic E-state index is 0.0758. The Labute approximate surface area is 75.9 Å². The van der Waals surface area contributed by atoms with E-state index in [0.29, 0.717) is 0 Å². The lowest BCUT2D eigenvalue weighted by molar-refractivity contribution is -0.146. The van der Waals surface area contributed by atoms with E-state index in [1.807, 2.05) is 0 Å². The van der Waals surface area contributed by atoms with Crippen molar-refractivity contribution in [3.8, 4) is 0 Å². The molecule has 1 aliphatic carbocycles. The van der Waals surface area contributed by atoms with Crippen LogP contribution in [0.5, 0.6) is 0 Å². The molecule has 0 aromatic heterocycles. The van der Waals surface area contributed by atoms with Crippen LogP contribution < -0.4 is 0 Å². The number of allylic oxidation sites excluding steroid dienone is 1. The molecule has 4 nitrogen and oxygen atoms in total. The van der Waals surface area contributed by atoms with Gasteiger partial charge in [-0.1, -0.05) is 19.1 Å². The second-order valence-electron chi connectivity index (χ2n) is 3.37. The summed E-state index contributed by atoms with van der Waals surface area (Å²) < 4.78 is 0. The maximum Gasteiger partial charge on any atom is 0.310 e. The molecule has 3 atom stereocenters. The topological polar surface area (TPSA) is 74.6 Å². The fourth-order valence-corrected chi connectivity index (χ4v) is 1.52. The molecule has 0 fully saturated rings. The SMILES string of the molecule is CC1C=CC(C(=O)O)CC1C(=O)O. The lowest BCUT2D eigenvalue weighted by Gasteiger charge is -2.24. The van der Waals surface area contributed by atoms with Gasteiger partial charge in [-0.3, -0.25) is 9.59 Å². The van der Waals surface area contributed by atoms with Crippen molar-refractivity contribution in [3.05, 3.63) is 12.2 Å². The summed E-state index contributed by atoms with van der Waals surface area (Å²) in [5.74, 6) is -3.14. The van der Waals surface area contributed by atoms with Crippen molar-refractivity contribution in [1.29, 1.82) is 0 Å². The summed E-state index contributed by atoms with van der Waals surface area (Å²) in [7, 11) is 0. The molecule has 1 aliphatic rings. The molecular weight excluding hydrogens is 172 g/mol. The largest absolute Gasteiger partial charge is 0.481 e. The molecule has 0 aromatic rings. The zero-order valence-electron chi connectivity index (χ0n) is 7.30. The second-order valence-corrected chi connectivity index (χ2v) is 3.37. The van der Waals surface area contributed by atoms with Crippen molar-refractivity contribution in [2.45, 2.75) is 13.3 Å². The quantitative estimate of drug-likeness (QED) is 0.627. The third-order valence-electron chi connectivity index (χ3n) is 2.42. The second kappa shape index (κ2) is 3.60. The Morgan fingerprint density at radius 3 is 2.31 bits per heavy atom. The van der Waals surface area contributed by atoms with Crippen LogP contribution in [0.1, 0.15) is 13.3 Å². The Balaban J connectivity index is 2.76. The van der Waals surface area contributed by atoms with E-state index in [2.05, 4.69) is 0 Å². The molecule has 0 spiro atoms. The molecule has 0 aliphatic heterocycles. The van der Waals surface area contributed by atoms with Gasteiger partial charge < -0.3 is 10.2 Å². The number of hydrogen-bond acceptors (Lipinski definition) is 2. The van der Waals surface area contributed by atoms with Crippen molar-refractivity contribution < 1.29 is 19.8 Å². The predicted octanol–water partition coefficient (Wildman–Crippen LogP) is 0.984. The molecule has 0 heterocycles. The first kappa shape index (κ1) is 9.77. The monoisotopic (exact) mass is 184 g/mol. The molecule has 0 aromatic carbocycles. The molecule has 4 heteroatoms. The summed E-state index contributed by atoms with van der Waals surface area (Å²) in [5, 5.41) is 17.5. The highest BCUT2D eigenvalue weighted by Crippen LogP contribution is 2.28. The van der Waals surface area contributed by atoms with E-state index in [0.717, 1.165) is 0 Å². The zero-order chi connectivity index (χ0) is 10.0. The van der Waals surface area contributed by atoms with Crippen LogP contribution in [-0.4, -0.2) is 22.2 Å². The van der Waals surface area contributed by atoms with E-state index in [4.69, 9.17) is 10.2 Å². The standard InChI is InChI=1S/C9H12O4/c1-5-2-3-6(8(10)11)4-7(5)9(12)13/h2-3,5-7H,4H2,1H3,(H,10,11)(H,12,13). The number of aliphatic carboxylic acids is 2. The summed E-state index contributed by atoms with van der Waals surface area (Å²) >= 11 is 0. The van der Waals surface area contributed by atoms with Crippen molar-refractivity contribution >= 4 is 11.9 Å². The predicted molar refractivity (Wildman–Crippen MR) is 45.2 cm³/mol. The Hall–Kier alpha value is -1.32. The van der Waals surface area contributed by atoms with Gasteiger partial charge in [-0.15, -0.1) is 0 Å². The van der Waals surface area contributed by atoms with Gasteiger partial charge in [-0.25, -0.2) is 0 Å². The highest BCUT2D eigenvalue weighted by atomic mass is 16.4. The third-order valence-corrected chi connectivity index (χ3v) is 2.42. The van der Waals surface area contributed by atoms with E-state index in [9.17, 15) is 9.59 Å². The Kier molecular flexibility index (Phi) is 2.70. The normalized spacial score (nSPS) is 32.8. The van der Waals surface area contributed by atoms with Crippen molar-refractivity contribution in [2.75, 3.05) is 0 Å². The molecule has 13 heavy (non-hydrogen) atoms. The maximum atomic E-state index is 10.7. The Morgan fingerprint density at radius 2 is 1.85 bits per heavy atom. The van der Waals surface area contributed by atoms with Crippen LogP contribution in [0.25, 0.3) is 0 Å². The van der Waals surface area contributed by atoms with Gasteiger partial charge in [0.2, 0.25) is 0 Å². The molecule has 0 saturated heterocycles. The zero-order valence-corrected chi connectivity index (χ0v) is 7.30. The van der Waals surface area contributed by atoms with E-state index in [1.54, 1.807) is 19.1 Å². The van der Waals surface area contributed by atoms with Crippen LogP contribution in [0.2, 0.25) is 0 Å². The van der Waals surface area contributed by atoms with Gasteiger partial charge in [-0.2, -0.15) is 0 Å². The Bertz CT molecular complexity index is 256. The highest BCUT2D eigenvalue weighted by Gasteiger charge is 2.31. The van der Waals surface area contributed by atoms with Gasteiger partial charge in [0.05, 0.1) is 11.8 Å². The van der Waals surface area contributed by atoms with Crippen molar-refractivity contribution in [2.24, 2.45) is 17.8 Å². The molecule has 0 saturated carbocycles. The number of carboxylic acids is 2. The van der Waals surface area contributed by atoms with Crippen LogP contribution in [0.4, 0.5) is 0 Å². The number of rotatable bonds is 2.